The molecule has 0 saturated heterocycles. The van der Waals surface area contributed by atoms with Gasteiger partial charge in [-0.2, -0.15) is 0 Å². The average Bonchev–Trinajstić information content (AvgIpc) is 2.31. The van der Waals surface area contributed by atoms with E-state index in [0.29, 0.717) is 12.0 Å². The molecule has 2 heteroatoms. The van der Waals surface area contributed by atoms with E-state index in [-0.39, 0.29) is 5.92 Å². The Morgan fingerprint density at radius 3 is 2.29 bits per heavy atom. The molecule has 0 aromatic rings. The van der Waals surface area contributed by atoms with Gasteiger partial charge < -0.3 is 5.11 Å². The fraction of sp³-hybridized carbons (Fsp3) is 0.400. The fourth-order valence-electron chi connectivity index (χ4n) is 1.29. The average molecular weight is 234 g/mol. The molecule has 94 valence electrons. The van der Waals surface area contributed by atoms with E-state index >= 15 is 0 Å². The van der Waals surface area contributed by atoms with E-state index in [1.807, 2.05) is 39.0 Å². The lowest BCUT2D eigenvalue weighted by atomic mass is 9.93. The number of carboxylic acid groups (broad SMARTS) is 1. The van der Waals surface area contributed by atoms with Gasteiger partial charge in [0.05, 0.1) is 0 Å². The third-order valence-corrected chi connectivity index (χ3v) is 2.80. The Labute approximate surface area is 104 Å². The third kappa shape index (κ3) is 5.91. The van der Waals surface area contributed by atoms with Crippen LogP contribution in [0.15, 0.2) is 47.6 Å². The van der Waals surface area contributed by atoms with E-state index in [1.165, 1.54) is 5.57 Å². The first kappa shape index (κ1) is 15.4. The van der Waals surface area contributed by atoms with Crippen molar-refractivity contribution in [2.45, 2.75) is 34.1 Å². The Balaban J connectivity index is 4.53. The summed E-state index contributed by atoms with van der Waals surface area (Å²) in [6.07, 6.45) is 8.13. The summed E-state index contributed by atoms with van der Waals surface area (Å²) in [5.74, 6) is -0.709. The zero-order chi connectivity index (χ0) is 13.4. The fourth-order valence-corrected chi connectivity index (χ4v) is 1.29. The molecule has 0 aliphatic heterocycles. The van der Waals surface area contributed by atoms with Gasteiger partial charge in [-0.1, -0.05) is 49.0 Å². The van der Waals surface area contributed by atoms with Gasteiger partial charge in [0.2, 0.25) is 0 Å². The van der Waals surface area contributed by atoms with Crippen molar-refractivity contribution in [3.8, 4) is 0 Å². The highest BCUT2D eigenvalue weighted by Crippen LogP contribution is 2.20. The quantitative estimate of drug-likeness (QED) is 0.554. The number of aliphatic carboxylic acids is 1. The van der Waals surface area contributed by atoms with Gasteiger partial charge >= 0.3 is 5.97 Å². The van der Waals surface area contributed by atoms with Gasteiger partial charge in [0.1, 0.15) is 0 Å². The summed E-state index contributed by atoms with van der Waals surface area (Å²) in [6.45, 7) is 11.7. The van der Waals surface area contributed by atoms with Crippen molar-refractivity contribution in [3.63, 3.8) is 0 Å². The van der Waals surface area contributed by atoms with Crippen molar-refractivity contribution in [1.29, 1.82) is 0 Å². The van der Waals surface area contributed by atoms with Crippen molar-refractivity contribution in [2.75, 3.05) is 0 Å². The van der Waals surface area contributed by atoms with Crippen LogP contribution in [-0.2, 0) is 4.79 Å². The van der Waals surface area contributed by atoms with Crippen LogP contribution < -0.4 is 0 Å². The van der Waals surface area contributed by atoms with Crippen LogP contribution in [0.3, 0.4) is 0 Å². The largest absolute Gasteiger partial charge is 0.478 e. The van der Waals surface area contributed by atoms with Crippen molar-refractivity contribution in [3.05, 3.63) is 47.6 Å². The summed E-state index contributed by atoms with van der Waals surface area (Å²) in [5, 5.41) is 8.94. The predicted octanol–water partition coefficient (Wildman–Crippen LogP) is 4.12. The van der Waals surface area contributed by atoms with Gasteiger partial charge in [0, 0.05) is 5.57 Å². The van der Waals surface area contributed by atoms with Crippen LogP contribution in [0.4, 0.5) is 0 Å². The summed E-state index contributed by atoms with van der Waals surface area (Å²) in [4.78, 5) is 10.9. The van der Waals surface area contributed by atoms with Crippen LogP contribution in [-0.4, -0.2) is 11.1 Å². The Kier molecular flexibility index (Phi) is 6.95. The van der Waals surface area contributed by atoms with Gasteiger partial charge in [0.15, 0.2) is 0 Å². The molecule has 0 aliphatic carbocycles. The number of rotatable bonds is 6. The van der Waals surface area contributed by atoms with Gasteiger partial charge in [-0.3, -0.25) is 0 Å². The molecule has 1 atom stereocenters. The maximum atomic E-state index is 10.9. The van der Waals surface area contributed by atoms with E-state index in [4.69, 9.17) is 5.11 Å². The second-order valence-corrected chi connectivity index (χ2v) is 4.17. The number of hydrogen-bond donors (Lipinski definition) is 1. The van der Waals surface area contributed by atoms with Gasteiger partial charge in [-0.15, -0.1) is 0 Å². The minimum atomic E-state index is -0.847. The highest BCUT2D eigenvalue weighted by molar-refractivity contribution is 5.86. The summed E-state index contributed by atoms with van der Waals surface area (Å²) < 4.78 is 0. The minimum Gasteiger partial charge on any atom is -0.478 e. The van der Waals surface area contributed by atoms with Crippen molar-refractivity contribution in [2.24, 2.45) is 5.92 Å². The summed E-state index contributed by atoms with van der Waals surface area (Å²) in [7, 11) is 0. The summed E-state index contributed by atoms with van der Waals surface area (Å²) in [5.41, 5.74) is 2.56. The van der Waals surface area contributed by atoms with Crippen molar-refractivity contribution < 1.29 is 9.90 Å². The zero-order valence-electron chi connectivity index (χ0n) is 11.2. The predicted molar refractivity (Wildman–Crippen MR) is 72.9 cm³/mol. The SMILES string of the molecule is C=C(/C=C\C(C)=C/C)C(C)C/C(=C\C)C(=O)O. The molecular formula is C15H22O2. The topological polar surface area (TPSA) is 37.3 Å². The molecule has 0 aromatic carbocycles. The van der Waals surface area contributed by atoms with E-state index < -0.39 is 5.97 Å². The molecule has 0 aromatic heterocycles. The van der Waals surface area contributed by atoms with Crippen LogP contribution in [0.1, 0.15) is 34.1 Å². The van der Waals surface area contributed by atoms with Crippen LogP contribution in [0.5, 0.6) is 0 Å². The highest BCUT2D eigenvalue weighted by atomic mass is 16.4. The maximum absolute atomic E-state index is 10.9. The lowest BCUT2D eigenvalue weighted by molar-refractivity contribution is -0.132. The lowest BCUT2D eigenvalue weighted by Crippen LogP contribution is -2.06. The minimum absolute atomic E-state index is 0.137. The second-order valence-electron chi connectivity index (χ2n) is 4.17. The van der Waals surface area contributed by atoms with Gasteiger partial charge in [0.25, 0.3) is 0 Å². The molecule has 1 unspecified atom stereocenters. The summed E-state index contributed by atoms with van der Waals surface area (Å²) in [6, 6.07) is 0. The molecule has 0 aliphatic rings. The number of carbonyl (C=O) groups is 1. The number of allylic oxidation sites excluding steroid dienone is 6. The van der Waals surface area contributed by atoms with E-state index in [9.17, 15) is 4.79 Å². The second kappa shape index (κ2) is 7.66. The molecule has 17 heavy (non-hydrogen) atoms. The van der Waals surface area contributed by atoms with E-state index in [2.05, 4.69) is 6.58 Å². The molecule has 0 saturated carbocycles. The first-order chi connectivity index (χ1) is 7.92. The van der Waals surface area contributed by atoms with Crippen molar-refractivity contribution in [1.82, 2.24) is 0 Å². The summed E-state index contributed by atoms with van der Waals surface area (Å²) >= 11 is 0. The highest BCUT2D eigenvalue weighted by Gasteiger charge is 2.12. The molecule has 0 spiro atoms. The van der Waals surface area contributed by atoms with Gasteiger partial charge in [-0.25, -0.2) is 4.79 Å². The molecule has 0 radical (unpaired) electrons. The molecule has 2 nitrogen and oxygen atoms in total. The lowest BCUT2D eigenvalue weighted by Gasteiger charge is -2.12. The monoisotopic (exact) mass is 234 g/mol. The molecule has 0 bridgehead atoms. The Morgan fingerprint density at radius 1 is 1.29 bits per heavy atom. The normalized spacial score (nSPS) is 15.1. The number of carboxylic acids is 1. The van der Waals surface area contributed by atoms with Crippen LogP contribution >= 0.6 is 0 Å². The smallest absolute Gasteiger partial charge is 0.331 e. The zero-order valence-corrected chi connectivity index (χ0v) is 11.2. The molecule has 1 N–H and O–H groups in total. The first-order valence-electron chi connectivity index (χ1n) is 5.80. The van der Waals surface area contributed by atoms with Crippen LogP contribution in [0.2, 0.25) is 0 Å². The van der Waals surface area contributed by atoms with Crippen molar-refractivity contribution >= 4 is 5.97 Å². The van der Waals surface area contributed by atoms with Gasteiger partial charge in [-0.05, 0) is 33.1 Å². The van der Waals surface area contributed by atoms with E-state index in [1.54, 1.807) is 13.0 Å². The number of hydrogen-bond acceptors (Lipinski definition) is 1. The maximum Gasteiger partial charge on any atom is 0.331 e. The molecule has 0 amide bonds. The Hall–Kier alpha value is -1.57. The molecule has 0 fully saturated rings. The molecular weight excluding hydrogens is 212 g/mol. The molecule has 0 heterocycles. The van der Waals surface area contributed by atoms with Crippen LogP contribution in [0.25, 0.3) is 0 Å². The first-order valence-corrected chi connectivity index (χ1v) is 5.80. The van der Waals surface area contributed by atoms with E-state index in [0.717, 1.165) is 5.57 Å². The standard InChI is InChI=1S/C15H22O2/c1-6-11(3)8-9-12(4)13(5)10-14(7-2)15(16)17/h6-9,13H,4,10H2,1-3,5H3,(H,16,17)/b9-8-,11-6-,14-7+. The Morgan fingerprint density at radius 2 is 1.88 bits per heavy atom. The van der Waals surface area contributed by atoms with Crippen LogP contribution in [0, 0.1) is 5.92 Å². The third-order valence-electron chi connectivity index (χ3n) is 2.80. The molecule has 0 rings (SSSR count). The Bertz CT molecular complexity index is 370.